The van der Waals surface area contributed by atoms with E-state index in [-0.39, 0.29) is 77.1 Å². The van der Waals surface area contributed by atoms with Gasteiger partial charge in [0.05, 0.1) is 0 Å². The third-order valence-corrected chi connectivity index (χ3v) is 0.939. The van der Waals surface area contributed by atoms with Gasteiger partial charge in [0.15, 0.2) is 0 Å². The second-order valence-corrected chi connectivity index (χ2v) is 1.86. The molecule has 0 fully saturated rings. The number of rotatable bonds is 1. The molecule has 0 N–H and O–H groups in total. The Kier molecular flexibility index (Phi) is 65.9. The van der Waals surface area contributed by atoms with E-state index in [4.69, 9.17) is 0 Å². The van der Waals surface area contributed by atoms with Crippen LogP contribution in [0.5, 0.6) is 0 Å². The van der Waals surface area contributed by atoms with E-state index < -0.39 is 0 Å². The molecule has 0 amide bonds. The van der Waals surface area contributed by atoms with Gasteiger partial charge in [-0.3, -0.25) is 6.08 Å². The maximum atomic E-state index is 3.60. The Bertz CT molecular complexity index is 91.0. The van der Waals surface area contributed by atoms with E-state index in [1.54, 1.807) is 0 Å². The average molecular weight is 453 g/mol. The number of allylic oxidation sites excluding steroid dienone is 4. The zero-order valence-corrected chi connectivity index (χ0v) is 14.9. The van der Waals surface area contributed by atoms with Crippen molar-refractivity contribution in [1.82, 2.24) is 0 Å². The number of hydrogen-bond acceptors (Lipinski definition) is 0. The smallest absolute Gasteiger partial charge is 1.00 e. The van der Waals surface area contributed by atoms with E-state index in [1.807, 2.05) is 12.2 Å². The fourth-order valence-electron chi connectivity index (χ4n) is 0.340. The zero-order chi connectivity index (χ0) is 6.95. The number of halogens is 3. The Labute approximate surface area is 133 Å². The zero-order valence-electron chi connectivity index (χ0n) is 7.69. The summed E-state index contributed by atoms with van der Waals surface area (Å²) in [5.74, 6) is 0. The van der Waals surface area contributed by atoms with Crippen molar-refractivity contribution in [3.05, 3.63) is 31.2 Å². The summed E-state index contributed by atoms with van der Waals surface area (Å²) in [6.45, 7) is 5.72. The second kappa shape index (κ2) is 29.2. The number of unbranched alkanes of at least 4 members (excludes halogenated alkanes) is 1. The van der Waals surface area contributed by atoms with Gasteiger partial charge in [-0.05, 0) is 0 Å². The Morgan fingerprint density at radius 1 is 1.31 bits per heavy atom. The van der Waals surface area contributed by atoms with Gasteiger partial charge in [-0.2, -0.15) is 12.5 Å². The molecular formula is C9H14Br3Zr-2. The van der Waals surface area contributed by atoms with Crippen LogP contribution >= 0.6 is 0 Å². The molecule has 0 aromatic carbocycles. The molecule has 4 heteroatoms. The van der Waals surface area contributed by atoms with Gasteiger partial charge >= 0.3 is 26.2 Å². The summed E-state index contributed by atoms with van der Waals surface area (Å²) < 4.78 is 0. The minimum atomic E-state index is 0. The first-order valence-electron chi connectivity index (χ1n) is 3.42. The van der Waals surface area contributed by atoms with Crippen LogP contribution in [0.2, 0.25) is 0 Å². The summed E-state index contributed by atoms with van der Waals surface area (Å²) >= 11 is 0. The van der Waals surface area contributed by atoms with Crippen molar-refractivity contribution < 1.29 is 77.1 Å². The molecular weight excluding hydrogens is 439 g/mol. The van der Waals surface area contributed by atoms with E-state index in [9.17, 15) is 0 Å². The molecule has 1 rings (SSSR count). The topological polar surface area (TPSA) is 0 Å². The summed E-state index contributed by atoms with van der Waals surface area (Å²) in [7, 11) is 0. The Morgan fingerprint density at radius 3 is 1.85 bits per heavy atom. The SMILES string of the molecule is [Br-].[Br-].[Br-].[C-]1=CC=CC1.[CH2-]CCC.[Zr+3]. The van der Waals surface area contributed by atoms with Crippen molar-refractivity contribution in [3.8, 4) is 0 Å². The van der Waals surface area contributed by atoms with Gasteiger partial charge in [-0.1, -0.05) is 13.3 Å². The van der Waals surface area contributed by atoms with E-state index in [2.05, 4.69) is 26.0 Å². The Hall–Kier alpha value is 1.80. The molecule has 0 saturated heterocycles. The predicted molar refractivity (Wildman–Crippen MR) is 41.8 cm³/mol. The minimum absolute atomic E-state index is 0. The normalized spacial score (nSPS) is 9.08. The van der Waals surface area contributed by atoms with Gasteiger partial charge in [0.1, 0.15) is 0 Å². The van der Waals surface area contributed by atoms with Crippen molar-refractivity contribution in [2.75, 3.05) is 0 Å². The van der Waals surface area contributed by atoms with Crippen molar-refractivity contribution in [1.29, 1.82) is 0 Å². The molecule has 0 aliphatic heterocycles. The molecule has 77 valence electrons. The largest absolute Gasteiger partial charge is 3.00 e. The third-order valence-electron chi connectivity index (χ3n) is 0.939. The first-order chi connectivity index (χ1) is 4.41. The molecule has 0 unspecified atom stereocenters. The molecule has 0 heterocycles. The molecule has 13 heavy (non-hydrogen) atoms. The number of hydrogen-bond donors (Lipinski definition) is 0. The van der Waals surface area contributed by atoms with Gasteiger partial charge < -0.3 is 57.9 Å². The Morgan fingerprint density at radius 2 is 1.77 bits per heavy atom. The summed E-state index contributed by atoms with van der Waals surface area (Å²) in [5, 5.41) is 0. The van der Waals surface area contributed by atoms with Crippen molar-refractivity contribution >= 4 is 0 Å². The van der Waals surface area contributed by atoms with Crippen LogP contribution in [0.25, 0.3) is 0 Å². The molecule has 0 nitrogen and oxygen atoms in total. The molecule has 0 aromatic rings. The average Bonchev–Trinajstić information content (AvgIpc) is 2.43. The van der Waals surface area contributed by atoms with Crippen LogP contribution in [0.15, 0.2) is 18.2 Å². The Balaban J connectivity index is -0.0000000256. The molecule has 0 bridgehead atoms. The molecule has 1 aliphatic carbocycles. The monoisotopic (exact) mass is 449 g/mol. The van der Waals surface area contributed by atoms with Crippen molar-refractivity contribution in [3.63, 3.8) is 0 Å². The van der Waals surface area contributed by atoms with E-state index in [1.165, 1.54) is 6.42 Å². The molecule has 0 spiro atoms. The second-order valence-electron chi connectivity index (χ2n) is 1.86. The van der Waals surface area contributed by atoms with E-state index >= 15 is 0 Å². The van der Waals surface area contributed by atoms with E-state index in [0.29, 0.717) is 0 Å². The quantitative estimate of drug-likeness (QED) is 0.347. The van der Waals surface area contributed by atoms with Gasteiger partial charge in [-0.25, -0.2) is 12.2 Å². The molecule has 1 aliphatic rings. The summed E-state index contributed by atoms with van der Waals surface area (Å²) in [4.78, 5) is 0. The van der Waals surface area contributed by atoms with Gasteiger partial charge in [0.2, 0.25) is 0 Å². The van der Waals surface area contributed by atoms with E-state index in [0.717, 1.165) is 12.8 Å². The summed E-state index contributed by atoms with van der Waals surface area (Å²) in [5.41, 5.74) is 0. The van der Waals surface area contributed by atoms with Crippen LogP contribution in [-0.4, -0.2) is 0 Å². The maximum Gasteiger partial charge on any atom is 3.00 e. The first kappa shape index (κ1) is 29.3. The molecule has 1 radical (unpaired) electrons. The van der Waals surface area contributed by atoms with Crippen LogP contribution in [0.3, 0.4) is 0 Å². The van der Waals surface area contributed by atoms with Crippen LogP contribution in [0, 0.1) is 13.0 Å². The van der Waals surface area contributed by atoms with Gasteiger partial charge in [-0.15, -0.1) is 6.42 Å². The minimum Gasteiger partial charge on any atom is -1.00 e. The first-order valence-corrected chi connectivity index (χ1v) is 3.42. The van der Waals surface area contributed by atoms with Crippen LogP contribution in [-0.2, 0) is 26.2 Å². The van der Waals surface area contributed by atoms with Crippen molar-refractivity contribution in [2.45, 2.75) is 26.2 Å². The maximum absolute atomic E-state index is 3.60. The van der Waals surface area contributed by atoms with Gasteiger partial charge in [0, 0.05) is 0 Å². The third kappa shape index (κ3) is 31.6. The van der Waals surface area contributed by atoms with Gasteiger partial charge in [0.25, 0.3) is 0 Å². The fourth-order valence-corrected chi connectivity index (χ4v) is 0.340. The standard InChI is InChI=1S/C5H5.C4H9.3BrH.Zr/c1-2-4-5-3-1;1-3-4-2;;;;/h1-3H,4H2;1,3-4H2,2H3;3*1H;/q2*-1;;;;+3/p-3. The molecule has 0 atom stereocenters. The van der Waals surface area contributed by atoms with Crippen LogP contribution < -0.4 is 50.9 Å². The van der Waals surface area contributed by atoms with Crippen molar-refractivity contribution in [2.24, 2.45) is 0 Å². The van der Waals surface area contributed by atoms with Crippen LogP contribution in [0.1, 0.15) is 26.2 Å². The fraction of sp³-hybridized carbons (Fsp3) is 0.444. The summed E-state index contributed by atoms with van der Waals surface area (Å²) in [6, 6.07) is 0. The molecule has 0 aromatic heterocycles. The summed E-state index contributed by atoms with van der Waals surface area (Å²) in [6.07, 6.45) is 12.3. The van der Waals surface area contributed by atoms with Crippen LogP contribution in [0.4, 0.5) is 0 Å². The predicted octanol–water partition coefficient (Wildman–Crippen LogP) is -6.06. The molecule has 0 saturated carbocycles.